The third-order valence-electron chi connectivity index (χ3n) is 3.50. The van der Waals surface area contributed by atoms with E-state index in [1.165, 1.54) is 0 Å². The van der Waals surface area contributed by atoms with Crippen molar-refractivity contribution >= 4 is 22.5 Å². The van der Waals surface area contributed by atoms with E-state index in [2.05, 4.69) is 15.6 Å². The molecule has 0 amide bonds. The molecule has 1 aromatic carbocycles. The van der Waals surface area contributed by atoms with Gasteiger partial charge in [-0.1, -0.05) is 11.6 Å². The van der Waals surface area contributed by atoms with Gasteiger partial charge in [0.2, 0.25) is 0 Å². The van der Waals surface area contributed by atoms with E-state index in [9.17, 15) is 4.39 Å². The van der Waals surface area contributed by atoms with Crippen LogP contribution in [0.3, 0.4) is 0 Å². The van der Waals surface area contributed by atoms with Crippen molar-refractivity contribution in [1.82, 2.24) is 9.55 Å². The first-order chi connectivity index (χ1) is 9.54. The Balaban J connectivity index is 2.08. The lowest BCUT2D eigenvalue weighted by atomic mass is 10.1. The number of halogens is 2. The average molecular weight is 289 g/mol. The summed E-state index contributed by atoms with van der Waals surface area (Å²) in [5.41, 5.74) is 3.54. The Hall–Kier alpha value is -1.87. The predicted octanol–water partition coefficient (Wildman–Crippen LogP) is 4.49. The van der Waals surface area contributed by atoms with Gasteiger partial charge in [0.15, 0.2) is 0 Å². The highest BCUT2D eigenvalue weighted by atomic mass is 35.5. The van der Waals surface area contributed by atoms with Gasteiger partial charge in [0.1, 0.15) is 5.82 Å². The second-order valence-corrected chi connectivity index (χ2v) is 5.44. The maximum atomic E-state index is 13.8. The molecule has 2 heterocycles. The molecule has 0 radical (unpaired) electrons. The highest BCUT2D eigenvalue weighted by Crippen LogP contribution is 2.24. The molecular weight excluding hydrogens is 275 g/mol. The van der Waals surface area contributed by atoms with E-state index < -0.39 is 0 Å². The lowest BCUT2D eigenvalue weighted by molar-refractivity contribution is 0.619. The van der Waals surface area contributed by atoms with E-state index >= 15 is 0 Å². The number of aryl methyl sites for hydroxylation is 2. The SMILES string of the molecule is Cc1cc2cc(C)n(Cc3ccc(Cl)cn3)c2cc1F. The van der Waals surface area contributed by atoms with Crippen LogP contribution in [0.5, 0.6) is 0 Å². The Labute approximate surface area is 121 Å². The fourth-order valence-electron chi connectivity index (χ4n) is 2.41. The lowest BCUT2D eigenvalue weighted by Gasteiger charge is -2.08. The van der Waals surface area contributed by atoms with Crippen LogP contribution in [-0.4, -0.2) is 9.55 Å². The first kappa shape index (κ1) is 13.1. The van der Waals surface area contributed by atoms with E-state index in [0.717, 1.165) is 22.3 Å². The van der Waals surface area contributed by atoms with Crippen molar-refractivity contribution in [3.05, 3.63) is 64.3 Å². The molecule has 0 atom stereocenters. The predicted molar refractivity (Wildman–Crippen MR) is 79.7 cm³/mol. The first-order valence-electron chi connectivity index (χ1n) is 6.41. The van der Waals surface area contributed by atoms with E-state index in [-0.39, 0.29) is 5.82 Å². The Morgan fingerprint density at radius 1 is 1.20 bits per heavy atom. The van der Waals surface area contributed by atoms with Crippen LogP contribution in [0.1, 0.15) is 17.0 Å². The molecule has 0 N–H and O–H groups in total. The zero-order valence-corrected chi connectivity index (χ0v) is 12.1. The number of benzene rings is 1. The van der Waals surface area contributed by atoms with Crippen LogP contribution in [0.15, 0.2) is 36.5 Å². The standard InChI is InChI=1S/C16H14ClFN2/c1-10-5-12-6-11(2)20(16(12)7-15(10)18)9-14-4-3-13(17)8-19-14/h3-8H,9H2,1-2H3. The van der Waals surface area contributed by atoms with E-state index in [0.29, 0.717) is 17.1 Å². The summed E-state index contributed by atoms with van der Waals surface area (Å²) in [6, 6.07) is 9.24. The summed E-state index contributed by atoms with van der Waals surface area (Å²) >= 11 is 5.84. The Morgan fingerprint density at radius 3 is 2.70 bits per heavy atom. The fraction of sp³-hybridized carbons (Fsp3) is 0.188. The Bertz CT molecular complexity index is 775. The van der Waals surface area contributed by atoms with Crippen LogP contribution < -0.4 is 0 Å². The van der Waals surface area contributed by atoms with Crippen LogP contribution in [0.25, 0.3) is 10.9 Å². The summed E-state index contributed by atoms with van der Waals surface area (Å²) in [4.78, 5) is 4.29. The van der Waals surface area contributed by atoms with Crippen LogP contribution in [0.4, 0.5) is 4.39 Å². The molecule has 3 rings (SSSR count). The number of aromatic nitrogens is 2. The molecule has 0 saturated carbocycles. The number of nitrogens with zero attached hydrogens (tertiary/aromatic N) is 2. The van der Waals surface area contributed by atoms with Crippen molar-refractivity contribution in [1.29, 1.82) is 0 Å². The van der Waals surface area contributed by atoms with Gasteiger partial charge >= 0.3 is 0 Å². The van der Waals surface area contributed by atoms with E-state index in [4.69, 9.17) is 11.6 Å². The summed E-state index contributed by atoms with van der Waals surface area (Å²) in [7, 11) is 0. The van der Waals surface area contributed by atoms with Gasteiger partial charge in [-0.05, 0) is 49.7 Å². The smallest absolute Gasteiger partial charge is 0.128 e. The van der Waals surface area contributed by atoms with Crippen molar-refractivity contribution in [3.8, 4) is 0 Å². The summed E-state index contributed by atoms with van der Waals surface area (Å²) in [6.45, 7) is 4.40. The van der Waals surface area contributed by atoms with Crippen molar-refractivity contribution < 1.29 is 4.39 Å². The number of pyridine rings is 1. The van der Waals surface area contributed by atoms with Gasteiger partial charge in [-0.2, -0.15) is 0 Å². The monoisotopic (exact) mass is 288 g/mol. The normalized spacial score (nSPS) is 11.2. The molecule has 0 bridgehead atoms. The molecule has 0 aliphatic heterocycles. The van der Waals surface area contributed by atoms with Gasteiger partial charge in [-0.25, -0.2) is 4.39 Å². The van der Waals surface area contributed by atoms with Crippen LogP contribution in [0.2, 0.25) is 5.02 Å². The maximum absolute atomic E-state index is 13.8. The molecule has 3 aromatic rings. The molecule has 2 nitrogen and oxygen atoms in total. The molecule has 0 aliphatic rings. The van der Waals surface area contributed by atoms with Gasteiger partial charge in [-0.15, -0.1) is 0 Å². The van der Waals surface area contributed by atoms with Crippen molar-refractivity contribution in [3.63, 3.8) is 0 Å². The van der Waals surface area contributed by atoms with Gasteiger partial charge < -0.3 is 4.57 Å². The van der Waals surface area contributed by atoms with Crippen LogP contribution in [-0.2, 0) is 6.54 Å². The third-order valence-corrected chi connectivity index (χ3v) is 3.72. The topological polar surface area (TPSA) is 17.8 Å². The number of hydrogen-bond acceptors (Lipinski definition) is 1. The fourth-order valence-corrected chi connectivity index (χ4v) is 2.52. The van der Waals surface area contributed by atoms with Gasteiger partial charge in [0.25, 0.3) is 0 Å². The molecule has 4 heteroatoms. The number of fused-ring (bicyclic) bond motifs is 1. The molecular formula is C16H14ClFN2. The van der Waals surface area contributed by atoms with Gasteiger partial charge in [-0.3, -0.25) is 4.98 Å². The quantitative estimate of drug-likeness (QED) is 0.679. The summed E-state index contributed by atoms with van der Waals surface area (Å²) < 4.78 is 15.8. The molecule has 2 aromatic heterocycles. The third kappa shape index (κ3) is 2.29. The highest BCUT2D eigenvalue weighted by Gasteiger charge is 2.09. The minimum absolute atomic E-state index is 0.180. The van der Waals surface area contributed by atoms with Crippen molar-refractivity contribution in [2.45, 2.75) is 20.4 Å². The molecule has 20 heavy (non-hydrogen) atoms. The van der Waals surface area contributed by atoms with Gasteiger partial charge in [0.05, 0.1) is 22.8 Å². The van der Waals surface area contributed by atoms with Crippen molar-refractivity contribution in [2.24, 2.45) is 0 Å². The zero-order valence-electron chi connectivity index (χ0n) is 11.3. The lowest BCUT2D eigenvalue weighted by Crippen LogP contribution is -2.03. The van der Waals surface area contributed by atoms with Gasteiger partial charge in [0, 0.05) is 17.3 Å². The molecule has 102 valence electrons. The second kappa shape index (κ2) is 4.91. The minimum Gasteiger partial charge on any atom is -0.339 e. The Morgan fingerprint density at radius 2 is 2.00 bits per heavy atom. The average Bonchev–Trinajstić information content (AvgIpc) is 2.69. The summed E-state index contributed by atoms with van der Waals surface area (Å²) in [5, 5.41) is 1.67. The molecule has 0 fully saturated rings. The summed E-state index contributed by atoms with van der Waals surface area (Å²) in [6.07, 6.45) is 1.63. The van der Waals surface area contributed by atoms with Crippen LogP contribution >= 0.6 is 11.6 Å². The molecule has 0 spiro atoms. The maximum Gasteiger partial charge on any atom is 0.128 e. The first-order valence-corrected chi connectivity index (χ1v) is 6.79. The zero-order chi connectivity index (χ0) is 14.3. The summed E-state index contributed by atoms with van der Waals surface area (Å²) in [5.74, 6) is -0.180. The largest absolute Gasteiger partial charge is 0.339 e. The van der Waals surface area contributed by atoms with Crippen molar-refractivity contribution in [2.75, 3.05) is 0 Å². The van der Waals surface area contributed by atoms with Crippen LogP contribution in [0, 0.1) is 19.7 Å². The molecule has 0 aliphatic carbocycles. The van der Waals surface area contributed by atoms with E-state index in [1.54, 1.807) is 19.2 Å². The Kier molecular flexibility index (Phi) is 3.22. The van der Waals surface area contributed by atoms with E-state index in [1.807, 2.05) is 25.1 Å². The molecule has 0 saturated heterocycles. The number of hydrogen-bond donors (Lipinski definition) is 0. The molecule has 0 unspecified atom stereocenters. The second-order valence-electron chi connectivity index (χ2n) is 5.00. The highest BCUT2D eigenvalue weighted by molar-refractivity contribution is 6.30. The number of rotatable bonds is 2. The minimum atomic E-state index is -0.180.